The summed E-state index contributed by atoms with van der Waals surface area (Å²) < 4.78 is 8.90. The standard InChI is InChI=1S/C19H19Cl2N7O/c1-4-15-14(19(29-3)27(2)25-15)10-22-16-5-6-17-23-24-18(28(17)26-16)11-7-12(20)9-13(21)8-11/h5-9H,4,10H2,1-3H3,(H,22,26). The molecule has 8 nitrogen and oxygen atoms in total. The molecule has 10 heteroatoms. The monoisotopic (exact) mass is 431 g/mol. The average molecular weight is 432 g/mol. The molecule has 150 valence electrons. The van der Waals surface area contributed by atoms with Gasteiger partial charge >= 0.3 is 0 Å². The first-order chi connectivity index (χ1) is 14.0. The van der Waals surface area contributed by atoms with Crippen molar-refractivity contribution in [3.05, 3.63) is 51.6 Å². The fourth-order valence-electron chi connectivity index (χ4n) is 3.25. The molecule has 0 radical (unpaired) electrons. The molecular weight excluding hydrogens is 413 g/mol. The third-order valence-electron chi connectivity index (χ3n) is 4.53. The Morgan fingerprint density at radius 2 is 1.83 bits per heavy atom. The molecule has 0 unspecified atom stereocenters. The summed E-state index contributed by atoms with van der Waals surface area (Å²) >= 11 is 12.3. The Morgan fingerprint density at radius 1 is 1.07 bits per heavy atom. The first kappa shape index (κ1) is 19.5. The van der Waals surface area contributed by atoms with Crippen LogP contribution in [0.25, 0.3) is 17.0 Å². The number of hydrogen-bond acceptors (Lipinski definition) is 6. The van der Waals surface area contributed by atoms with E-state index in [0.717, 1.165) is 29.1 Å². The molecule has 1 N–H and O–H groups in total. The molecule has 0 aliphatic heterocycles. The fourth-order valence-corrected chi connectivity index (χ4v) is 3.77. The summed E-state index contributed by atoms with van der Waals surface area (Å²) in [4.78, 5) is 0. The maximum Gasteiger partial charge on any atom is 0.216 e. The molecule has 4 aromatic rings. The maximum atomic E-state index is 6.13. The number of benzene rings is 1. The van der Waals surface area contributed by atoms with E-state index in [0.29, 0.717) is 33.9 Å². The van der Waals surface area contributed by atoms with Crippen LogP contribution in [0.15, 0.2) is 30.3 Å². The number of ether oxygens (including phenoxy) is 1. The van der Waals surface area contributed by atoms with Gasteiger partial charge in [-0.15, -0.1) is 15.3 Å². The van der Waals surface area contributed by atoms with E-state index in [1.807, 2.05) is 19.2 Å². The molecule has 0 bridgehead atoms. The molecule has 0 saturated carbocycles. The van der Waals surface area contributed by atoms with Gasteiger partial charge in [-0.25, -0.2) is 4.68 Å². The van der Waals surface area contributed by atoms with Gasteiger partial charge in [-0.1, -0.05) is 30.1 Å². The van der Waals surface area contributed by atoms with Gasteiger partial charge in [0, 0.05) is 29.2 Å². The largest absolute Gasteiger partial charge is 0.481 e. The van der Waals surface area contributed by atoms with Crippen molar-refractivity contribution in [1.82, 2.24) is 29.6 Å². The van der Waals surface area contributed by atoms with Crippen LogP contribution in [0.2, 0.25) is 10.0 Å². The summed E-state index contributed by atoms with van der Waals surface area (Å²) in [5.41, 5.74) is 3.35. The summed E-state index contributed by atoms with van der Waals surface area (Å²) in [6, 6.07) is 8.93. The van der Waals surface area contributed by atoms with Crippen LogP contribution in [0, 0.1) is 0 Å². The highest BCUT2D eigenvalue weighted by Crippen LogP contribution is 2.27. The fraction of sp³-hybridized carbons (Fsp3) is 0.263. The minimum atomic E-state index is 0.522. The third kappa shape index (κ3) is 3.73. The van der Waals surface area contributed by atoms with Crippen molar-refractivity contribution in [2.45, 2.75) is 19.9 Å². The Balaban J connectivity index is 1.66. The van der Waals surface area contributed by atoms with Crippen molar-refractivity contribution in [1.29, 1.82) is 0 Å². The minimum absolute atomic E-state index is 0.522. The van der Waals surface area contributed by atoms with Gasteiger partial charge < -0.3 is 10.1 Å². The lowest BCUT2D eigenvalue weighted by atomic mass is 10.2. The van der Waals surface area contributed by atoms with Crippen molar-refractivity contribution in [2.75, 3.05) is 12.4 Å². The van der Waals surface area contributed by atoms with Crippen LogP contribution in [0.4, 0.5) is 5.82 Å². The van der Waals surface area contributed by atoms with Crippen molar-refractivity contribution < 1.29 is 4.74 Å². The van der Waals surface area contributed by atoms with E-state index in [2.05, 4.69) is 32.6 Å². The highest BCUT2D eigenvalue weighted by molar-refractivity contribution is 6.35. The molecule has 29 heavy (non-hydrogen) atoms. The van der Waals surface area contributed by atoms with Crippen LogP contribution in [0.1, 0.15) is 18.2 Å². The Morgan fingerprint density at radius 3 is 2.52 bits per heavy atom. The number of halogens is 2. The van der Waals surface area contributed by atoms with E-state index in [1.165, 1.54) is 0 Å². The number of rotatable bonds is 6. The van der Waals surface area contributed by atoms with Crippen LogP contribution < -0.4 is 10.1 Å². The molecule has 3 aromatic heterocycles. The maximum absolute atomic E-state index is 6.13. The molecule has 0 atom stereocenters. The molecule has 4 rings (SSSR count). The number of methoxy groups -OCH3 is 1. The summed E-state index contributed by atoms with van der Waals surface area (Å²) in [6.07, 6.45) is 0.811. The second kappa shape index (κ2) is 7.88. The summed E-state index contributed by atoms with van der Waals surface area (Å²) in [5, 5.41) is 21.9. The average Bonchev–Trinajstić information content (AvgIpc) is 3.25. The van der Waals surface area contributed by atoms with E-state index in [1.54, 1.807) is 34.5 Å². The van der Waals surface area contributed by atoms with Crippen molar-refractivity contribution in [3.63, 3.8) is 0 Å². The predicted molar refractivity (Wildman–Crippen MR) is 113 cm³/mol. The number of aromatic nitrogens is 6. The van der Waals surface area contributed by atoms with E-state index in [9.17, 15) is 0 Å². The van der Waals surface area contributed by atoms with Crippen LogP contribution >= 0.6 is 23.2 Å². The van der Waals surface area contributed by atoms with Gasteiger partial charge in [0.2, 0.25) is 5.88 Å². The molecule has 0 aliphatic rings. The van der Waals surface area contributed by atoms with Gasteiger partial charge in [0.05, 0.1) is 18.4 Å². The zero-order valence-corrected chi connectivity index (χ0v) is 17.7. The third-order valence-corrected chi connectivity index (χ3v) is 4.97. The first-order valence-corrected chi connectivity index (χ1v) is 9.77. The van der Waals surface area contributed by atoms with Crippen molar-refractivity contribution in [3.8, 4) is 17.3 Å². The first-order valence-electron chi connectivity index (χ1n) is 9.01. The van der Waals surface area contributed by atoms with Crippen molar-refractivity contribution >= 4 is 34.7 Å². The summed E-state index contributed by atoms with van der Waals surface area (Å²) in [6.45, 7) is 2.59. The molecule has 3 heterocycles. The van der Waals surface area contributed by atoms with Gasteiger partial charge in [0.15, 0.2) is 11.5 Å². The van der Waals surface area contributed by atoms with Gasteiger partial charge in [-0.2, -0.15) is 9.61 Å². The van der Waals surface area contributed by atoms with Crippen LogP contribution in [-0.2, 0) is 20.0 Å². The normalized spacial score (nSPS) is 11.2. The Bertz CT molecular complexity index is 1160. The van der Waals surface area contributed by atoms with Gasteiger partial charge in [0.1, 0.15) is 5.82 Å². The highest BCUT2D eigenvalue weighted by atomic mass is 35.5. The van der Waals surface area contributed by atoms with Crippen LogP contribution in [0.3, 0.4) is 0 Å². The molecule has 0 spiro atoms. The number of aryl methyl sites for hydroxylation is 2. The van der Waals surface area contributed by atoms with E-state index in [-0.39, 0.29) is 0 Å². The Labute approximate surface area is 177 Å². The summed E-state index contributed by atoms with van der Waals surface area (Å²) in [7, 11) is 3.51. The zero-order chi connectivity index (χ0) is 20.5. The lowest BCUT2D eigenvalue weighted by Crippen LogP contribution is -2.07. The number of hydrogen-bond donors (Lipinski definition) is 1. The molecule has 1 aromatic carbocycles. The lowest BCUT2D eigenvalue weighted by molar-refractivity contribution is 0.369. The number of nitrogens with one attached hydrogen (secondary N) is 1. The Hall–Kier alpha value is -2.84. The van der Waals surface area contributed by atoms with Crippen LogP contribution in [-0.4, -0.2) is 36.7 Å². The molecule has 0 saturated heterocycles. The molecule has 0 amide bonds. The number of fused-ring (bicyclic) bond motifs is 1. The van der Waals surface area contributed by atoms with Gasteiger partial charge in [-0.3, -0.25) is 0 Å². The zero-order valence-electron chi connectivity index (χ0n) is 16.1. The second-order valence-electron chi connectivity index (χ2n) is 6.44. The minimum Gasteiger partial charge on any atom is -0.481 e. The second-order valence-corrected chi connectivity index (χ2v) is 7.31. The topological polar surface area (TPSA) is 82.2 Å². The highest BCUT2D eigenvalue weighted by Gasteiger charge is 2.16. The van der Waals surface area contributed by atoms with Gasteiger partial charge in [-0.05, 0) is 36.8 Å². The smallest absolute Gasteiger partial charge is 0.216 e. The van der Waals surface area contributed by atoms with E-state index >= 15 is 0 Å². The summed E-state index contributed by atoms with van der Waals surface area (Å²) in [5.74, 6) is 1.95. The van der Waals surface area contributed by atoms with E-state index in [4.69, 9.17) is 27.9 Å². The van der Waals surface area contributed by atoms with Crippen LogP contribution in [0.5, 0.6) is 5.88 Å². The Kier molecular flexibility index (Phi) is 5.29. The molecule has 0 fully saturated rings. The van der Waals surface area contributed by atoms with Crippen molar-refractivity contribution in [2.24, 2.45) is 7.05 Å². The lowest BCUT2D eigenvalue weighted by Gasteiger charge is -2.09. The number of anilines is 1. The predicted octanol–water partition coefficient (Wildman–Crippen LogP) is 4.01. The quantitative estimate of drug-likeness (QED) is 0.496. The molecular formula is C19H19Cl2N7O. The molecule has 0 aliphatic carbocycles. The SMILES string of the molecule is CCc1nn(C)c(OC)c1CNc1ccc2nnc(-c3cc(Cl)cc(Cl)c3)n2n1. The number of nitrogens with zero attached hydrogens (tertiary/aromatic N) is 6. The van der Waals surface area contributed by atoms with E-state index < -0.39 is 0 Å². The van der Waals surface area contributed by atoms with Gasteiger partial charge in [0.25, 0.3) is 0 Å².